The molecule has 5 rings (SSSR count). The second-order valence-electron chi connectivity index (χ2n) is 8.51. The highest BCUT2D eigenvalue weighted by Crippen LogP contribution is 2.45. The maximum Gasteiger partial charge on any atom is 0.407 e. The van der Waals surface area contributed by atoms with Crippen molar-refractivity contribution < 1.29 is 9.53 Å². The van der Waals surface area contributed by atoms with Crippen LogP contribution in [0.4, 0.5) is 4.79 Å². The van der Waals surface area contributed by atoms with Crippen LogP contribution < -0.4 is 5.32 Å². The lowest BCUT2D eigenvalue weighted by molar-refractivity contribution is 0.172. The van der Waals surface area contributed by atoms with Crippen molar-refractivity contribution in [1.29, 1.82) is 0 Å². The highest BCUT2D eigenvalue weighted by Gasteiger charge is 2.46. The van der Waals surface area contributed by atoms with Crippen LogP contribution in [0.2, 0.25) is 0 Å². The molecular weight excluding hydrogens is 366 g/mol. The van der Waals surface area contributed by atoms with E-state index in [1.54, 1.807) is 0 Å². The van der Waals surface area contributed by atoms with Crippen molar-refractivity contribution in [2.45, 2.75) is 63.3 Å². The van der Waals surface area contributed by atoms with Gasteiger partial charge in [-0.25, -0.2) is 4.79 Å². The van der Waals surface area contributed by atoms with Gasteiger partial charge in [0.1, 0.15) is 6.61 Å². The van der Waals surface area contributed by atoms with Crippen molar-refractivity contribution in [1.82, 2.24) is 5.32 Å². The monoisotopic (exact) mass is 393 g/mol. The number of amides is 1. The second-order valence-corrected chi connectivity index (χ2v) is 9.68. The zero-order valence-electron chi connectivity index (χ0n) is 16.4. The van der Waals surface area contributed by atoms with Crippen LogP contribution >= 0.6 is 11.3 Å². The van der Waals surface area contributed by atoms with Crippen molar-refractivity contribution >= 4 is 23.5 Å². The lowest BCUT2D eigenvalue weighted by Crippen LogP contribution is -2.40. The van der Waals surface area contributed by atoms with Crippen LogP contribution in [0.25, 0.3) is 17.2 Å². The van der Waals surface area contributed by atoms with Crippen LogP contribution in [0.1, 0.15) is 65.8 Å². The molecule has 1 aromatic carbocycles. The minimum atomic E-state index is -0.250. The van der Waals surface area contributed by atoms with Crippen molar-refractivity contribution in [3.05, 3.63) is 51.2 Å². The molecule has 2 aliphatic carbocycles. The summed E-state index contributed by atoms with van der Waals surface area (Å²) in [5, 5.41) is 3.06. The number of nitrogens with one attached hydrogen (secondary N) is 1. The number of fused-ring (bicyclic) bond motifs is 3. The molecule has 2 atom stereocenters. The Bertz CT molecular complexity index is 944. The van der Waals surface area contributed by atoms with Crippen LogP contribution in [0.15, 0.2) is 30.3 Å². The third-order valence-corrected chi connectivity index (χ3v) is 7.69. The number of carbonyl (C=O) groups is 1. The Hall–Kier alpha value is -2.07. The van der Waals surface area contributed by atoms with Gasteiger partial charge in [-0.3, -0.25) is 0 Å². The van der Waals surface area contributed by atoms with Gasteiger partial charge in [-0.05, 0) is 78.8 Å². The van der Waals surface area contributed by atoms with Crippen LogP contribution in [-0.2, 0) is 17.6 Å². The van der Waals surface area contributed by atoms with E-state index in [9.17, 15) is 4.79 Å². The number of unbranched alkanes of at least 4 members (excludes halogenated alkanes) is 1. The molecule has 2 heterocycles. The number of carbonyl (C=O) groups excluding carboxylic acids is 1. The maximum absolute atomic E-state index is 11.5. The summed E-state index contributed by atoms with van der Waals surface area (Å²) < 4.78 is 5.19. The summed E-state index contributed by atoms with van der Waals surface area (Å²) in [5.41, 5.74) is 5.64. The van der Waals surface area contributed by atoms with Gasteiger partial charge in [0.25, 0.3) is 0 Å². The van der Waals surface area contributed by atoms with Gasteiger partial charge in [0.05, 0.1) is 5.54 Å². The van der Waals surface area contributed by atoms with Gasteiger partial charge < -0.3 is 10.1 Å². The number of thiophene rings is 1. The number of benzene rings is 1. The van der Waals surface area contributed by atoms with E-state index in [0.29, 0.717) is 12.5 Å². The lowest BCUT2D eigenvalue weighted by atomic mass is 9.85. The van der Waals surface area contributed by atoms with Gasteiger partial charge in [-0.1, -0.05) is 37.6 Å². The summed E-state index contributed by atoms with van der Waals surface area (Å²) in [6.45, 7) is 2.75. The molecule has 1 N–H and O–H groups in total. The second kappa shape index (κ2) is 7.07. The Morgan fingerprint density at radius 2 is 2.21 bits per heavy atom. The van der Waals surface area contributed by atoms with Crippen LogP contribution in [0.3, 0.4) is 0 Å². The Morgan fingerprint density at radius 3 is 3.04 bits per heavy atom. The average molecular weight is 394 g/mol. The fraction of sp³-hybridized carbons (Fsp3) is 0.458. The van der Waals surface area contributed by atoms with Crippen LogP contribution in [-0.4, -0.2) is 18.2 Å². The van der Waals surface area contributed by atoms with Gasteiger partial charge in [-0.2, -0.15) is 0 Å². The lowest BCUT2D eigenvalue weighted by Gasteiger charge is -2.22. The topological polar surface area (TPSA) is 38.3 Å². The van der Waals surface area contributed by atoms with E-state index in [0.717, 1.165) is 38.5 Å². The molecule has 3 nitrogen and oxygen atoms in total. The van der Waals surface area contributed by atoms with Crippen molar-refractivity contribution in [2.24, 2.45) is 0 Å². The van der Waals surface area contributed by atoms with Crippen molar-refractivity contribution in [3.8, 4) is 11.1 Å². The SMILES string of the molecule is CCC/C=C/c1cc2c(s1)CCc1cc([C@H]3CC[C@]4(COC(=O)N4)C3)ccc1-2. The quantitative estimate of drug-likeness (QED) is 0.684. The Labute approximate surface area is 170 Å². The number of alkyl carbamates (subject to hydrolysis) is 1. The van der Waals surface area contributed by atoms with Gasteiger partial charge in [-0.15, -0.1) is 11.3 Å². The molecule has 1 spiro atoms. The summed E-state index contributed by atoms with van der Waals surface area (Å²) in [7, 11) is 0. The summed E-state index contributed by atoms with van der Waals surface area (Å²) in [4.78, 5) is 14.4. The minimum Gasteiger partial charge on any atom is -0.447 e. The van der Waals surface area contributed by atoms with Crippen LogP contribution in [0, 0.1) is 0 Å². The van der Waals surface area contributed by atoms with Crippen molar-refractivity contribution in [2.75, 3.05) is 6.61 Å². The van der Waals surface area contributed by atoms with Crippen molar-refractivity contribution in [3.63, 3.8) is 0 Å². The minimum absolute atomic E-state index is 0.127. The number of hydrogen-bond donors (Lipinski definition) is 1. The standard InChI is InChI=1S/C24H27NO2S/c1-2-3-4-5-19-13-21-20-8-6-16(12-17(20)7-9-22(21)28-19)18-10-11-24(14-18)15-27-23(26)25-24/h4-6,8,12-13,18H,2-3,7,9-11,14-15H2,1H3,(H,25,26)/b5-4+/t18-,24+/m0/s1. The van der Waals surface area contributed by atoms with Gasteiger partial charge in [0.15, 0.2) is 0 Å². The first-order valence-electron chi connectivity index (χ1n) is 10.5. The van der Waals surface area contributed by atoms with E-state index in [2.05, 4.69) is 48.7 Å². The normalized spacial score (nSPS) is 25.8. The fourth-order valence-electron chi connectivity index (χ4n) is 5.04. The maximum atomic E-state index is 11.5. The molecule has 1 aromatic heterocycles. The van der Waals surface area contributed by atoms with Gasteiger partial charge >= 0.3 is 6.09 Å². The number of rotatable bonds is 4. The molecule has 1 aliphatic heterocycles. The predicted molar refractivity (Wildman–Crippen MR) is 115 cm³/mol. The zero-order valence-corrected chi connectivity index (χ0v) is 17.2. The number of hydrogen-bond acceptors (Lipinski definition) is 3. The summed E-state index contributed by atoms with van der Waals surface area (Å²) in [6.07, 6.45) is 12.1. The van der Waals surface area contributed by atoms with E-state index < -0.39 is 0 Å². The molecule has 28 heavy (non-hydrogen) atoms. The third-order valence-electron chi connectivity index (χ3n) is 6.53. The molecule has 0 radical (unpaired) electrons. The van der Waals surface area contributed by atoms with E-state index >= 15 is 0 Å². The molecule has 2 aromatic rings. The number of allylic oxidation sites excluding steroid dienone is 1. The highest BCUT2D eigenvalue weighted by atomic mass is 32.1. The zero-order chi connectivity index (χ0) is 19.1. The van der Waals surface area contributed by atoms with Crippen LogP contribution in [0.5, 0.6) is 0 Å². The molecule has 1 saturated carbocycles. The molecular formula is C24H27NO2S. The third kappa shape index (κ3) is 3.18. The Morgan fingerprint density at radius 1 is 1.29 bits per heavy atom. The summed E-state index contributed by atoms with van der Waals surface area (Å²) in [5.74, 6) is 0.517. The first-order valence-corrected chi connectivity index (χ1v) is 11.3. The van der Waals surface area contributed by atoms with E-state index in [-0.39, 0.29) is 11.6 Å². The summed E-state index contributed by atoms with van der Waals surface area (Å²) >= 11 is 1.95. The number of cyclic esters (lactones) is 1. The largest absolute Gasteiger partial charge is 0.447 e. The predicted octanol–water partition coefficient (Wildman–Crippen LogP) is 6.07. The molecule has 0 unspecified atom stereocenters. The number of aryl methyl sites for hydroxylation is 2. The molecule has 1 amide bonds. The molecule has 2 fully saturated rings. The fourth-order valence-corrected chi connectivity index (χ4v) is 6.15. The number of ether oxygens (including phenoxy) is 1. The van der Waals surface area contributed by atoms with Gasteiger partial charge in [0.2, 0.25) is 0 Å². The first kappa shape index (κ1) is 18.0. The first-order chi connectivity index (χ1) is 13.7. The summed E-state index contributed by atoms with van der Waals surface area (Å²) in [6, 6.07) is 9.47. The average Bonchev–Trinajstić information content (AvgIpc) is 3.40. The molecule has 146 valence electrons. The Balaban J connectivity index is 1.38. The van der Waals surface area contributed by atoms with Gasteiger partial charge in [0, 0.05) is 9.75 Å². The molecule has 1 saturated heterocycles. The Kier molecular flexibility index (Phi) is 4.54. The van der Waals surface area contributed by atoms with E-state index in [1.165, 1.54) is 38.4 Å². The molecule has 4 heteroatoms. The smallest absolute Gasteiger partial charge is 0.407 e. The van der Waals surface area contributed by atoms with E-state index in [4.69, 9.17) is 4.74 Å². The molecule has 0 bridgehead atoms. The van der Waals surface area contributed by atoms with E-state index in [1.807, 2.05) is 11.3 Å². The highest BCUT2D eigenvalue weighted by molar-refractivity contribution is 7.13. The molecule has 3 aliphatic rings.